The van der Waals surface area contributed by atoms with Crippen LogP contribution in [0.3, 0.4) is 0 Å². The lowest BCUT2D eigenvalue weighted by atomic mass is 10.2. The fraction of sp³-hybridized carbons (Fsp3) is 0.600. The van der Waals surface area contributed by atoms with Crippen molar-refractivity contribution in [3.05, 3.63) is 29.8 Å². The van der Waals surface area contributed by atoms with Crippen molar-refractivity contribution in [3.8, 4) is 0 Å². The number of nitrogens with zero attached hydrogens (tertiary/aromatic N) is 1. The lowest BCUT2D eigenvalue weighted by Gasteiger charge is -2.19. The Labute approximate surface area is 121 Å². The summed E-state index contributed by atoms with van der Waals surface area (Å²) in [6.45, 7) is 1.54. The smallest absolute Gasteiger partial charge is 0.235 e. The van der Waals surface area contributed by atoms with Crippen molar-refractivity contribution in [3.63, 3.8) is 0 Å². The van der Waals surface area contributed by atoms with E-state index in [-0.39, 0.29) is 5.75 Å². The molecule has 0 bridgehead atoms. The Morgan fingerprint density at radius 2 is 2.00 bits per heavy atom. The second kappa shape index (κ2) is 5.74. The summed E-state index contributed by atoms with van der Waals surface area (Å²) < 4.78 is 26.4. The molecule has 0 amide bonds. The molecule has 20 heavy (non-hydrogen) atoms. The van der Waals surface area contributed by atoms with Gasteiger partial charge in [-0.2, -0.15) is 0 Å². The van der Waals surface area contributed by atoms with E-state index < -0.39 is 10.0 Å². The minimum Gasteiger partial charge on any atom is -0.314 e. The average molecular weight is 294 g/mol. The molecule has 2 aliphatic rings. The van der Waals surface area contributed by atoms with Gasteiger partial charge in [-0.3, -0.25) is 4.31 Å². The molecule has 1 heterocycles. The van der Waals surface area contributed by atoms with E-state index in [1.54, 1.807) is 4.31 Å². The number of hydrogen-bond acceptors (Lipinski definition) is 3. The van der Waals surface area contributed by atoms with Gasteiger partial charge in [-0.15, -0.1) is 0 Å². The SMILES string of the molecule is O=S(=O)(CCCCNC1CC1)N1CCc2ccccc21. The molecule has 1 aromatic rings. The van der Waals surface area contributed by atoms with E-state index in [9.17, 15) is 8.42 Å². The standard InChI is InChI=1S/C15H22N2O2S/c18-20(19,12-4-3-10-16-14-7-8-14)17-11-9-13-5-1-2-6-15(13)17/h1-2,5-6,14,16H,3-4,7-12H2. The zero-order chi connectivity index (χ0) is 14.0. The molecule has 0 atom stereocenters. The van der Waals surface area contributed by atoms with Gasteiger partial charge in [0.15, 0.2) is 0 Å². The lowest BCUT2D eigenvalue weighted by Crippen LogP contribution is -2.31. The first-order chi connectivity index (χ1) is 9.67. The van der Waals surface area contributed by atoms with Crippen molar-refractivity contribution in [1.29, 1.82) is 0 Å². The molecule has 3 rings (SSSR count). The molecular formula is C15H22N2O2S. The maximum absolute atomic E-state index is 12.4. The third kappa shape index (κ3) is 3.15. The van der Waals surface area contributed by atoms with Crippen molar-refractivity contribution >= 4 is 15.7 Å². The highest BCUT2D eigenvalue weighted by molar-refractivity contribution is 7.92. The number of unbranched alkanes of at least 4 members (excludes halogenated alkanes) is 1. The van der Waals surface area contributed by atoms with Crippen LogP contribution in [0.1, 0.15) is 31.2 Å². The van der Waals surface area contributed by atoms with E-state index in [1.165, 1.54) is 12.8 Å². The lowest BCUT2D eigenvalue weighted by molar-refractivity contribution is 0.583. The van der Waals surface area contributed by atoms with Gasteiger partial charge in [0.2, 0.25) is 10.0 Å². The van der Waals surface area contributed by atoms with Crippen LogP contribution in [0.5, 0.6) is 0 Å². The number of benzene rings is 1. The highest BCUT2D eigenvalue weighted by Crippen LogP contribution is 2.30. The van der Waals surface area contributed by atoms with Crippen LogP contribution in [0.25, 0.3) is 0 Å². The molecule has 1 N–H and O–H groups in total. The quantitative estimate of drug-likeness (QED) is 0.782. The Morgan fingerprint density at radius 3 is 2.80 bits per heavy atom. The molecule has 110 valence electrons. The molecule has 1 fully saturated rings. The number of anilines is 1. The fourth-order valence-corrected chi connectivity index (χ4v) is 4.35. The Balaban J connectivity index is 1.53. The van der Waals surface area contributed by atoms with Gasteiger partial charge in [-0.1, -0.05) is 18.2 Å². The molecule has 1 aliphatic heterocycles. The van der Waals surface area contributed by atoms with Crippen LogP contribution in [-0.4, -0.2) is 33.3 Å². The van der Waals surface area contributed by atoms with E-state index in [2.05, 4.69) is 5.32 Å². The van der Waals surface area contributed by atoms with Crippen LogP contribution < -0.4 is 9.62 Å². The van der Waals surface area contributed by atoms with Crippen LogP contribution in [0.4, 0.5) is 5.69 Å². The van der Waals surface area contributed by atoms with Gasteiger partial charge in [-0.25, -0.2) is 8.42 Å². The largest absolute Gasteiger partial charge is 0.314 e. The third-order valence-corrected chi connectivity index (χ3v) is 5.88. The Morgan fingerprint density at radius 1 is 1.20 bits per heavy atom. The molecule has 1 saturated carbocycles. The summed E-state index contributed by atoms with van der Waals surface area (Å²) in [6.07, 6.45) is 5.07. The molecule has 0 spiro atoms. The number of para-hydroxylation sites is 1. The Bertz CT molecular complexity index is 567. The van der Waals surface area contributed by atoms with Crippen molar-refractivity contribution in [2.45, 2.75) is 38.1 Å². The van der Waals surface area contributed by atoms with Crippen LogP contribution >= 0.6 is 0 Å². The predicted octanol–water partition coefficient (Wildman–Crippen LogP) is 1.91. The van der Waals surface area contributed by atoms with Gasteiger partial charge >= 0.3 is 0 Å². The highest BCUT2D eigenvalue weighted by Gasteiger charge is 2.28. The van der Waals surface area contributed by atoms with E-state index in [0.717, 1.165) is 37.1 Å². The maximum Gasteiger partial charge on any atom is 0.235 e. The number of hydrogen-bond donors (Lipinski definition) is 1. The summed E-state index contributed by atoms with van der Waals surface area (Å²) in [5, 5.41) is 3.42. The van der Waals surface area contributed by atoms with E-state index in [4.69, 9.17) is 0 Å². The van der Waals surface area contributed by atoms with Crippen LogP contribution in [0.15, 0.2) is 24.3 Å². The summed E-state index contributed by atoms with van der Waals surface area (Å²) in [5.41, 5.74) is 2.02. The summed E-state index contributed by atoms with van der Waals surface area (Å²) in [7, 11) is -3.15. The second-order valence-corrected chi connectivity index (χ2v) is 7.72. The number of fused-ring (bicyclic) bond motifs is 1. The van der Waals surface area contributed by atoms with Crippen molar-refractivity contribution in [1.82, 2.24) is 5.32 Å². The minimum absolute atomic E-state index is 0.258. The van der Waals surface area contributed by atoms with Gasteiger partial charge < -0.3 is 5.32 Å². The van der Waals surface area contributed by atoms with Crippen LogP contribution in [0.2, 0.25) is 0 Å². The molecule has 1 aliphatic carbocycles. The Hall–Kier alpha value is -1.07. The van der Waals surface area contributed by atoms with Gasteiger partial charge in [-0.05, 0) is 50.3 Å². The van der Waals surface area contributed by atoms with Crippen LogP contribution in [-0.2, 0) is 16.4 Å². The number of rotatable bonds is 7. The highest BCUT2D eigenvalue weighted by atomic mass is 32.2. The predicted molar refractivity (Wildman–Crippen MR) is 81.5 cm³/mol. The second-order valence-electron chi connectivity index (χ2n) is 5.70. The van der Waals surface area contributed by atoms with E-state index in [0.29, 0.717) is 12.6 Å². The van der Waals surface area contributed by atoms with Gasteiger partial charge in [0.1, 0.15) is 0 Å². The van der Waals surface area contributed by atoms with Crippen molar-refractivity contribution < 1.29 is 8.42 Å². The van der Waals surface area contributed by atoms with Crippen molar-refractivity contribution in [2.75, 3.05) is 23.1 Å². The van der Waals surface area contributed by atoms with Gasteiger partial charge in [0.05, 0.1) is 11.4 Å². The zero-order valence-corrected chi connectivity index (χ0v) is 12.5. The summed E-state index contributed by atoms with van der Waals surface area (Å²) >= 11 is 0. The number of sulfonamides is 1. The summed E-state index contributed by atoms with van der Waals surface area (Å²) in [5.74, 6) is 0.258. The molecule has 1 aromatic carbocycles. The normalized spacial score (nSPS) is 18.3. The van der Waals surface area contributed by atoms with Gasteiger partial charge in [0, 0.05) is 12.6 Å². The third-order valence-electron chi connectivity index (χ3n) is 4.02. The first-order valence-corrected chi connectivity index (χ1v) is 9.09. The molecule has 5 heteroatoms. The summed E-state index contributed by atoms with van der Waals surface area (Å²) in [4.78, 5) is 0. The molecule has 0 radical (unpaired) electrons. The Kier molecular flexibility index (Phi) is 3.98. The maximum atomic E-state index is 12.4. The summed E-state index contributed by atoms with van der Waals surface area (Å²) in [6, 6.07) is 8.51. The van der Waals surface area contributed by atoms with E-state index in [1.807, 2.05) is 24.3 Å². The molecule has 0 saturated heterocycles. The average Bonchev–Trinajstić information content (AvgIpc) is 3.15. The number of nitrogens with one attached hydrogen (secondary N) is 1. The van der Waals surface area contributed by atoms with Crippen molar-refractivity contribution in [2.24, 2.45) is 0 Å². The monoisotopic (exact) mass is 294 g/mol. The molecule has 4 nitrogen and oxygen atoms in total. The zero-order valence-electron chi connectivity index (χ0n) is 11.7. The van der Waals surface area contributed by atoms with Gasteiger partial charge in [0.25, 0.3) is 0 Å². The van der Waals surface area contributed by atoms with Crippen LogP contribution in [0, 0.1) is 0 Å². The minimum atomic E-state index is -3.15. The fourth-order valence-electron chi connectivity index (χ4n) is 2.71. The molecular weight excluding hydrogens is 272 g/mol. The molecule has 0 unspecified atom stereocenters. The van der Waals surface area contributed by atoms with E-state index >= 15 is 0 Å². The molecule has 0 aromatic heterocycles. The topological polar surface area (TPSA) is 49.4 Å². The first kappa shape index (κ1) is 13.9. The first-order valence-electron chi connectivity index (χ1n) is 7.48.